The molecule has 0 saturated carbocycles. The smallest absolute Gasteiger partial charge is 0.310 e. The van der Waals surface area contributed by atoms with Crippen LogP contribution in [0, 0.1) is 35.5 Å². The van der Waals surface area contributed by atoms with Gasteiger partial charge in [-0.2, -0.15) is 0 Å². The number of carbonyl (C=O) groups is 2. The van der Waals surface area contributed by atoms with Crippen molar-refractivity contribution in [1.82, 2.24) is 0 Å². The standard InChI is InChI=1S/C22H24O4S/c1-21(2)13-15(19(23)25-21)7-5-9-17-11-12-18(27-17)10-6-8-16-14-22(3,4)26-20(16)24/h11-12,15-16H,7-8,13-14H2,1-4H3. The lowest BCUT2D eigenvalue weighted by Gasteiger charge is -2.14. The zero-order valence-corrected chi connectivity index (χ0v) is 17.0. The van der Waals surface area contributed by atoms with Crippen molar-refractivity contribution in [2.24, 2.45) is 11.8 Å². The average molecular weight is 384 g/mol. The lowest BCUT2D eigenvalue weighted by atomic mass is 9.95. The quantitative estimate of drug-likeness (QED) is 0.573. The van der Waals surface area contributed by atoms with E-state index in [9.17, 15) is 9.59 Å². The molecule has 0 radical (unpaired) electrons. The van der Waals surface area contributed by atoms with Gasteiger partial charge < -0.3 is 9.47 Å². The first-order valence-electron chi connectivity index (χ1n) is 9.17. The molecule has 3 rings (SSSR count). The van der Waals surface area contributed by atoms with E-state index in [0.29, 0.717) is 25.7 Å². The monoisotopic (exact) mass is 384 g/mol. The Morgan fingerprint density at radius 3 is 1.63 bits per heavy atom. The Balaban J connectivity index is 1.53. The molecule has 1 aromatic heterocycles. The lowest BCUT2D eigenvalue weighted by Crippen LogP contribution is -2.17. The summed E-state index contributed by atoms with van der Waals surface area (Å²) < 4.78 is 10.6. The highest BCUT2D eigenvalue weighted by Crippen LogP contribution is 2.33. The number of ether oxygens (including phenoxy) is 2. The summed E-state index contributed by atoms with van der Waals surface area (Å²) in [5.74, 6) is 11.8. The van der Waals surface area contributed by atoms with Gasteiger partial charge in [-0.1, -0.05) is 23.7 Å². The summed E-state index contributed by atoms with van der Waals surface area (Å²) in [7, 11) is 0. The van der Waals surface area contributed by atoms with Crippen molar-refractivity contribution in [2.75, 3.05) is 0 Å². The fraction of sp³-hybridized carbons (Fsp3) is 0.545. The van der Waals surface area contributed by atoms with E-state index in [1.54, 1.807) is 0 Å². The van der Waals surface area contributed by atoms with Crippen molar-refractivity contribution in [2.45, 2.75) is 64.6 Å². The maximum Gasteiger partial charge on any atom is 0.310 e. The second-order valence-electron chi connectivity index (χ2n) is 8.34. The first kappa shape index (κ1) is 19.5. The summed E-state index contributed by atoms with van der Waals surface area (Å²) in [6.45, 7) is 7.70. The number of rotatable bonds is 2. The molecule has 0 aromatic carbocycles. The highest BCUT2D eigenvalue weighted by molar-refractivity contribution is 7.13. The molecule has 2 aliphatic rings. The number of hydrogen-bond acceptors (Lipinski definition) is 5. The Kier molecular flexibility index (Phi) is 5.36. The predicted octanol–water partition coefficient (Wildman–Crippen LogP) is 3.91. The third kappa shape index (κ3) is 5.15. The fourth-order valence-electron chi connectivity index (χ4n) is 3.45. The largest absolute Gasteiger partial charge is 0.459 e. The summed E-state index contributed by atoms with van der Waals surface area (Å²) in [5, 5.41) is 0. The topological polar surface area (TPSA) is 52.6 Å². The molecule has 2 unspecified atom stereocenters. The second kappa shape index (κ2) is 7.41. The third-order valence-electron chi connectivity index (χ3n) is 4.62. The van der Waals surface area contributed by atoms with E-state index >= 15 is 0 Å². The summed E-state index contributed by atoms with van der Waals surface area (Å²) in [5.41, 5.74) is -0.758. The van der Waals surface area contributed by atoms with Crippen molar-refractivity contribution < 1.29 is 19.1 Å². The molecular weight excluding hydrogens is 360 g/mol. The van der Waals surface area contributed by atoms with E-state index in [0.717, 1.165) is 9.75 Å². The van der Waals surface area contributed by atoms with Crippen LogP contribution in [0.3, 0.4) is 0 Å². The van der Waals surface area contributed by atoms with Gasteiger partial charge in [0.05, 0.1) is 21.6 Å². The van der Waals surface area contributed by atoms with Crippen LogP contribution in [0.15, 0.2) is 12.1 Å². The van der Waals surface area contributed by atoms with Crippen LogP contribution >= 0.6 is 11.3 Å². The zero-order chi connectivity index (χ0) is 19.7. The molecule has 0 amide bonds. The van der Waals surface area contributed by atoms with Crippen LogP contribution in [0.1, 0.15) is 63.1 Å². The third-order valence-corrected chi connectivity index (χ3v) is 5.54. The minimum atomic E-state index is -0.379. The van der Waals surface area contributed by atoms with Crippen LogP contribution < -0.4 is 0 Å². The molecule has 0 aliphatic carbocycles. The molecule has 2 atom stereocenters. The molecule has 5 heteroatoms. The van der Waals surface area contributed by atoms with Crippen molar-refractivity contribution in [1.29, 1.82) is 0 Å². The average Bonchev–Trinajstić information content (AvgIpc) is 3.16. The highest BCUT2D eigenvalue weighted by atomic mass is 32.1. The molecule has 0 spiro atoms. The summed E-state index contributed by atoms with van der Waals surface area (Å²) in [6, 6.07) is 3.87. The molecule has 2 aliphatic heterocycles. The molecular formula is C22H24O4S. The molecule has 0 N–H and O–H groups in total. The minimum absolute atomic E-state index is 0.137. The van der Waals surface area contributed by atoms with Gasteiger partial charge in [0.1, 0.15) is 11.2 Å². The van der Waals surface area contributed by atoms with Gasteiger partial charge in [-0.05, 0) is 39.8 Å². The molecule has 3 heterocycles. The van der Waals surface area contributed by atoms with Gasteiger partial charge >= 0.3 is 11.9 Å². The van der Waals surface area contributed by atoms with Gasteiger partial charge in [0.2, 0.25) is 0 Å². The first-order chi connectivity index (χ1) is 12.6. The SMILES string of the molecule is CC1(C)CC(CC#Cc2ccc(C#CCC3CC(C)(C)OC3=O)s2)C(=O)O1. The molecule has 1 aromatic rings. The number of esters is 2. The van der Waals surface area contributed by atoms with Gasteiger partial charge in [-0.3, -0.25) is 9.59 Å². The van der Waals surface area contributed by atoms with E-state index in [-0.39, 0.29) is 35.0 Å². The van der Waals surface area contributed by atoms with Crippen LogP contribution in [-0.2, 0) is 19.1 Å². The van der Waals surface area contributed by atoms with E-state index in [4.69, 9.17) is 9.47 Å². The number of carbonyl (C=O) groups excluding carboxylic acids is 2. The van der Waals surface area contributed by atoms with Crippen LogP contribution in [0.25, 0.3) is 0 Å². The maximum atomic E-state index is 11.8. The Labute approximate surface area is 164 Å². The summed E-state index contributed by atoms with van der Waals surface area (Å²) in [4.78, 5) is 25.4. The van der Waals surface area contributed by atoms with Crippen molar-refractivity contribution >= 4 is 23.3 Å². The van der Waals surface area contributed by atoms with Gasteiger partial charge in [0, 0.05) is 25.7 Å². The zero-order valence-electron chi connectivity index (χ0n) is 16.2. The molecule has 4 nitrogen and oxygen atoms in total. The normalized spacial score (nSPS) is 25.0. The Morgan fingerprint density at radius 1 is 0.889 bits per heavy atom. The fourth-order valence-corrected chi connectivity index (χ4v) is 4.21. The number of hydrogen-bond donors (Lipinski definition) is 0. The van der Waals surface area contributed by atoms with E-state index in [2.05, 4.69) is 23.7 Å². The van der Waals surface area contributed by atoms with Crippen molar-refractivity contribution in [3.05, 3.63) is 21.9 Å². The second-order valence-corrected chi connectivity index (χ2v) is 9.42. The Hall–Kier alpha value is -2.24. The van der Waals surface area contributed by atoms with Gasteiger partial charge in [-0.15, -0.1) is 11.3 Å². The van der Waals surface area contributed by atoms with E-state index in [1.807, 2.05) is 39.8 Å². The van der Waals surface area contributed by atoms with Crippen LogP contribution in [0.2, 0.25) is 0 Å². The van der Waals surface area contributed by atoms with E-state index in [1.165, 1.54) is 11.3 Å². The minimum Gasteiger partial charge on any atom is -0.459 e. The molecule has 0 bridgehead atoms. The van der Waals surface area contributed by atoms with Crippen molar-refractivity contribution in [3.63, 3.8) is 0 Å². The first-order valence-corrected chi connectivity index (χ1v) is 9.98. The number of thiophene rings is 1. The van der Waals surface area contributed by atoms with Gasteiger partial charge in [0.25, 0.3) is 0 Å². The molecule has 2 fully saturated rings. The van der Waals surface area contributed by atoms with Gasteiger partial charge in [0.15, 0.2) is 0 Å². The summed E-state index contributed by atoms with van der Waals surface area (Å²) >= 11 is 1.52. The van der Waals surface area contributed by atoms with Crippen LogP contribution in [-0.4, -0.2) is 23.1 Å². The maximum absolute atomic E-state index is 11.8. The molecule has 142 valence electrons. The lowest BCUT2D eigenvalue weighted by molar-refractivity contribution is -0.149. The van der Waals surface area contributed by atoms with Crippen molar-refractivity contribution in [3.8, 4) is 23.7 Å². The molecule has 2 saturated heterocycles. The predicted molar refractivity (Wildman–Crippen MR) is 104 cm³/mol. The van der Waals surface area contributed by atoms with Crippen LogP contribution in [0.4, 0.5) is 0 Å². The Bertz CT molecular complexity index is 799. The molecule has 27 heavy (non-hydrogen) atoms. The number of cyclic esters (lactones) is 2. The van der Waals surface area contributed by atoms with Crippen LogP contribution in [0.5, 0.6) is 0 Å². The van der Waals surface area contributed by atoms with E-state index < -0.39 is 0 Å². The van der Waals surface area contributed by atoms with Gasteiger partial charge in [-0.25, -0.2) is 0 Å². The highest BCUT2D eigenvalue weighted by Gasteiger charge is 2.40. The Morgan fingerprint density at radius 2 is 1.30 bits per heavy atom. The summed E-state index contributed by atoms with van der Waals surface area (Å²) in [6.07, 6.45) is 2.45.